The molecule has 3 aliphatic heterocycles. The molecule has 3 aliphatic rings. The van der Waals surface area contributed by atoms with Gasteiger partial charge in [0.15, 0.2) is 0 Å². The predicted molar refractivity (Wildman–Crippen MR) is 138 cm³/mol. The molecule has 8 heteroatoms. The number of sulfonamides is 1. The minimum Gasteiger partial charge on any atom is -0.298 e. The van der Waals surface area contributed by atoms with Gasteiger partial charge in [-0.15, -0.1) is 0 Å². The lowest BCUT2D eigenvalue weighted by Gasteiger charge is -2.49. The fraction of sp³-hybridized carbons (Fsp3) is 0.385. The maximum atomic E-state index is 12.6. The molecule has 1 aromatic heterocycles. The second-order valence-electron chi connectivity index (χ2n) is 9.34. The highest BCUT2D eigenvalue weighted by atomic mass is 79.9. The van der Waals surface area contributed by atoms with E-state index >= 15 is 0 Å². The van der Waals surface area contributed by atoms with Gasteiger partial charge in [-0.3, -0.25) is 4.90 Å². The van der Waals surface area contributed by atoms with E-state index in [1.54, 1.807) is 0 Å². The Kier molecular flexibility index (Phi) is 6.84. The van der Waals surface area contributed by atoms with Gasteiger partial charge >= 0.3 is 0 Å². The molecule has 6 nitrogen and oxygen atoms in total. The van der Waals surface area contributed by atoms with E-state index in [1.165, 1.54) is 0 Å². The number of piperidine rings is 3. The number of benzene rings is 2. The first-order valence-electron chi connectivity index (χ1n) is 11.7. The van der Waals surface area contributed by atoms with E-state index in [0.717, 1.165) is 58.7 Å². The third-order valence-electron chi connectivity index (χ3n) is 7.00. The van der Waals surface area contributed by atoms with Crippen LogP contribution in [-0.4, -0.2) is 49.0 Å². The summed E-state index contributed by atoms with van der Waals surface area (Å²) >= 11 is 3.65. The van der Waals surface area contributed by atoms with Crippen LogP contribution in [-0.2, 0) is 15.8 Å². The van der Waals surface area contributed by atoms with Crippen LogP contribution in [0.1, 0.15) is 35.8 Å². The molecule has 3 saturated heterocycles. The van der Waals surface area contributed by atoms with Crippen molar-refractivity contribution in [2.45, 2.75) is 37.5 Å². The standard InChI is InChI=1S/C26H29BrN4O2S/c1-18-29-25(22-9-5-6-10-24(22)27)14-26(30-18)23-16-31-12-11-20(23)13-21(31)15-28-34(32,33)17-19-7-3-2-4-8-19/h2-10,14,20-21,23,28H,11-13,15-17H2,1H3. The molecule has 0 amide bonds. The lowest BCUT2D eigenvalue weighted by Crippen LogP contribution is -2.56. The van der Waals surface area contributed by atoms with Crippen molar-refractivity contribution in [2.75, 3.05) is 19.6 Å². The quantitative estimate of drug-likeness (QED) is 0.477. The number of rotatable bonds is 7. The number of fused-ring (bicyclic) bond motifs is 3. The average Bonchev–Trinajstić information content (AvgIpc) is 2.83. The van der Waals surface area contributed by atoms with Crippen LogP contribution in [0.15, 0.2) is 65.1 Å². The first-order chi connectivity index (χ1) is 16.4. The second-order valence-corrected chi connectivity index (χ2v) is 12.0. The molecular weight excluding hydrogens is 512 g/mol. The van der Waals surface area contributed by atoms with Crippen LogP contribution in [0, 0.1) is 12.8 Å². The number of aromatic nitrogens is 2. The maximum absolute atomic E-state index is 12.6. The van der Waals surface area contributed by atoms with Crippen molar-refractivity contribution in [3.05, 3.63) is 82.2 Å². The van der Waals surface area contributed by atoms with Crippen LogP contribution in [0.2, 0.25) is 0 Å². The summed E-state index contributed by atoms with van der Waals surface area (Å²) < 4.78 is 29.1. The van der Waals surface area contributed by atoms with E-state index in [1.807, 2.05) is 55.5 Å². The van der Waals surface area contributed by atoms with Gasteiger partial charge in [0, 0.05) is 40.8 Å². The predicted octanol–water partition coefficient (Wildman–Crippen LogP) is 4.51. The second kappa shape index (κ2) is 9.85. The lowest BCUT2D eigenvalue weighted by molar-refractivity contribution is 0.0317. The largest absolute Gasteiger partial charge is 0.298 e. The van der Waals surface area contributed by atoms with Crippen molar-refractivity contribution in [1.82, 2.24) is 19.6 Å². The average molecular weight is 542 g/mol. The third kappa shape index (κ3) is 5.25. The first-order valence-corrected chi connectivity index (χ1v) is 14.2. The van der Waals surface area contributed by atoms with Crippen LogP contribution in [0.5, 0.6) is 0 Å². The van der Waals surface area contributed by atoms with Gasteiger partial charge in [0.1, 0.15) is 5.82 Å². The van der Waals surface area contributed by atoms with Crippen molar-refractivity contribution < 1.29 is 8.42 Å². The zero-order valence-corrected chi connectivity index (χ0v) is 21.6. The maximum Gasteiger partial charge on any atom is 0.215 e. The molecule has 34 heavy (non-hydrogen) atoms. The highest BCUT2D eigenvalue weighted by molar-refractivity contribution is 9.10. The van der Waals surface area contributed by atoms with E-state index in [4.69, 9.17) is 9.97 Å². The molecular formula is C26H29BrN4O2S. The minimum atomic E-state index is -3.36. The van der Waals surface area contributed by atoms with Crippen molar-refractivity contribution >= 4 is 26.0 Å². The van der Waals surface area contributed by atoms with Crippen LogP contribution in [0.3, 0.4) is 0 Å². The highest BCUT2D eigenvalue weighted by Crippen LogP contribution is 2.42. The molecule has 0 radical (unpaired) electrons. The normalized spacial score (nSPS) is 24.3. The van der Waals surface area contributed by atoms with Crippen LogP contribution in [0.4, 0.5) is 0 Å². The van der Waals surface area contributed by atoms with Crippen molar-refractivity contribution in [1.29, 1.82) is 0 Å². The highest BCUT2D eigenvalue weighted by Gasteiger charge is 2.41. The molecule has 0 aliphatic carbocycles. The molecule has 3 fully saturated rings. The first kappa shape index (κ1) is 23.6. The fourth-order valence-corrected chi connectivity index (χ4v) is 7.01. The van der Waals surface area contributed by atoms with Crippen molar-refractivity contribution in [3.8, 4) is 11.3 Å². The summed E-state index contributed by atoms with van der Waals surface area (Å²) in [6.45, 7) is 4.33. The Balaban J connectivity index is 1.28. The number of nitrogens with zero attached hydrogens (tertiary/aromatic N) is 3. The van der Waals surface area contributed by atoms with Crippen LogP contribution >= 0.6 is 15.9 Å². The zero-order valence-electron chi connectivity index (χ0n) is 19.2. The fourth-order valence-electron chi connectivity index (χ4n) is 5.34. The van der Waals surface area contributed by atoms with Gasteiger partial charge < -0.3 is 0 Å². The van der Waals surface area contributed by atoms with Crippen LogP contribution in [0.25, 0.3) is 11.3 Å². The van der Waals surface area contributed by atoms with Crippen molar-refractivity contribution in [3.63, 3.8) is 0 Å². The van der Waals surface area contributed by atoms with E-state index in [9.17, 15) is 8.42 Å². The number of halogens is 1. The third-order valence-corrected chi connectivity index (χ3v) is 9.02. The monoisotopic (exact) mass is 540 g/mol. The summed E-state index contributed by atoms with van der Waals surface area (Å²) in [4.78, 5) is 12.0. The molecule has 2 bridgehead atoms. The minimum absolute atomic E-state index is 0.0185. The van der Waals surface area contributed by atoms with Gasteiger partial charge in [0.25, 0.3) is 0 Å². The number of hydrogen-bond acceptors (Lipinski definition) is 5. The molecule has 4 heterocycles. The summed E-state index contributed by atoms with van der Waals surface area (Å²) in [5.41, 5.74) is 3.91. The Morgan fingerprint density at radius 2 is 1.85 bits per heavy atom. The Morgan fingerprint density at radius 3 is 2.59 bits per heavy atom. The summed E-state index contributed by atoms with van der Waals surface area (Å²) in [5, 5.41) is 0. The number of aryl methyl sites for hydroxylation is 1. The number of hydrogen-bond donors (Lipinski definition) is 1. The molecule has 178 valence electrons. The lowest BCUT2D eigenvalue weighted by atomic mass is 9.74. The molecule has 4 atom stereocenters. The zero-order chi connectivity index (χ0) is 23.7. The molecule has 3 aromatic rings. The molecule has 1 N–H and O–H groups in total. The summed E-state index contributed by atoms with van der Waals surface area (Å²) in [7, 11) is -3.36. The van der Waals surface area contributed by atoms with E-state index in [2.05, 4.69) is 37.7 Å². The molecule has 0 saturated carbocycles. The van der Waals surface area contributed by atoms with E-state index in [0.29, 0.717) is 18.4 Å². The van der Waals surface area contributed by atoms with Gasteiger partial charge in [-0.1, -0.05) is 64.5 Å². The van der Waals surface area contributed by atoms with Crippen LogP contribution < -0.4 is 4.72 Å². The molecule has 2 aromatic carbocycles. The van der Waals surface area contributed by atoms with Crippen molar-refractivity contribution in [2.24, 2.45) is 5.92 Å². The Labute approximate surface area is 210 Å². The van der Waals surface area contributed by atoms with Gasteiger partial charge in [-0.2, -0.15) is 0 Å². The Bertz CT molecular complexity index is 1270. The Morgan fingerprint density at radius 1 is 1.09 bits per heavy atom. The van der Waals surface area contributed by atoms with Gasteiger partial charge in [0.2, 0.25) is 10.0 Å². The van der Waals surface area contributed by atoms with Gasteiger partial charge in [-0.25, -0.2) is 23.1 Å². The SMILES string of the molecule is Cc1nc(-c2ccccc2Br)cc(C2CN3CCC2CC3CNS(=O)(=O)Cc2ccccc2)n1. The van der Waals surface area contributed by atoms with E-state index in [-0.39, 0.29) is 11.8 Å². The molecule has 4 unspecified atom stereocenters. The summed E-state index contributed by atoms with van der Waals surface area (Å²) in [5.74, 6) is 1.64. The van der Waals surface area contributed by atoms with E-state index < -0.39 is 10.0 Å². The van der Waals surface area contributed by atoms with Gasteiger partial charge in [0.05, 0.1) is 11.4 Å². The molecule has 6 rings (SSSR count). The number of nitrogens with one attached hydrogen (secondary N) is 1. The topological polar surface area (TPSA) is 75.2 Å². The Hall–Kier alpha value is -2.13. The van der Waals surface area contributed by atoms with Gasteiger partial charge in [-0.05, 0) is 49.9 Å². The summed E-state index contributed by atoms with van der Waals surface area (Å²) in [6.07, 6.45) is 2.09. The summed E-state index contributed by atoms with van der Waals surface area (Å²) in [6, 6.07) is 19.8. The molecule has 0 spiro atoms. The smallest absolute Gasteiger partial charge is 0.215 e.